The van der Waals surface area contributed by atoms with Crippen LogP contribution >= 0.6 is 0 Å². The van der Waals surface area contributed by atoms with Crippen molar-refractivity contribution in [1.82, 2.24) is 5.32 Å². The predicted molar refractivity (Wildman–Crippen MR) is 415 cm³/mol. The van der Waals surface area contributed by atoms with E-state index in [1.807, 2.05) is 0 Å². The van der Waals surface area contributed by atoms with Gasteiger partial charge >= 0.3 is 0 Å². The van der Waals surface area contributed by atoms with Crippen LogP contribution in [-0.2, 0) is 33.2 Å². The van der Waals surface area contributed by atoms with Crippen LogP contribution in [0.15, 0.2) is 134 Å². The van der Waals surface area contributed by atoms with E-state index in [4.69, 9.17) is 28.4 Å². The summed E-state index contributed by atoms with van der Waals surface area (Å²) in [4.78, 5) is 13.5. The molecular formula is C85H143NO18. The van der Waals surface area contributed by atoms with Gasteiger partial charge in [0.1, 0.15) is 73.2 Å². The number of unbranched alkanes of at least 4 members (excludes halogenated alkanes) is 24. The summed E-state index contributed by atoms with van der Waals surface area (Å²) >= 11 is 0. The summed E-state index contributed by atoms with van der Waals surface area (Å²) < 4.78 is 34.5. The number of nitrogens with one attached hydrogen (secondary N) is 1. The maximum absolute atomic E-state index is 13.5. The summed E-state index contributed by atoms with van der Waals surface area (Å²) in [5.74, 6) is -0.258. The maximum atomic E-state index is 13.5. The number of hydrogen-bond donors (Lipinski definition) is 12. The average molecular weight is 1470 g/mol. The van der Waals surface area contributed by atoms with E-state index in [0.29, 0.717) is 12.8 Å². The summed E-state index contributed by atoms with van der Waals surface area (Å²) in [5.41, 5.74) is 0. The Morgan fingerprint density at radius 2 is 0.663 bits per heavy atom. The zero-order chi connectivity index (χ0) is 75.3. The molecule has 3 rings (SSSR count). The van der Waals surface area contributed by atoms with Gasteiger partial charge in [-0.05, 0) is 96.3 Å². The van der Waals surface area contributed by atoms with Crippen LogP contribution in [0.25, 0.3) is 0 Å². The number of ether oxygens (including phenoxy) is 6. The second-order valence-corrected chi connectivity index (χ2v) is 28.2. The largest absolute Gasteiger partial charge is 0.394 e. The van der Waals surface area contributed by atoms with Crippen LogP contribution in [0.4, 0.5) is 0 Å². The molecule has 1 amide bonds. The normalized spacial score (nSPS) is 26.6. The highest BCUT2D eigenvalue weighted by Gasteiger charge is 2.54. The lowest BCUT2D eigenvalue weighted by Crippen LogP contribution is -2.66. The van der Waals surface area contributed by atoms with E-state index in [9.17, 15) is 61.0 Å². The summed E-state index contributed by atoms with van der Waals surface area (Å²) in [7, 11) is 0. The fourth-order valence-corrected chi connectivity index (χ4v) is 12.8. The van der Waals surface area contributed by atoms with Crippen molar-refractivity contribution in [2.45, 2.75) is 369 Å². The molecule has 17 unspecified atom stereocenters. The minimum Gasteiger partial charge on any atom is -0.394 e. The molecule has 19 heteroatoms. The number of aliphatic hydroxyl groups excluding tert-OH is 11. The lowest BCUT2D eigenvalue weighted by molar-refractivity contribution is -0.379. The van der Waals surface area contributed by atoms with Crippen molar-refractivity contribution in [2.24, 2.45) is 0 Å². The molecule has 19 nitrogen and oxygen atoms in total. The number of aliphatic hydroxyl groups is 11. The fourth-order valence-electron chi connectivity index (χ4n) is 12.8. The summed E-state index contributed by atoms with van der Waals surface area (Å²) in [6.45, 7) is 1.68. The van der Waals surface area contributed by atoms with E-state index in [-0.39, 0.29) is 18.9 Å². The van der Waals surface area contributed by atoms with Gasteiger partial charge in [-0.3, -0.25) is 4.79 Å². The first kappa shape index (κ1) is 94.1. The third-order valence-electron chi connectivity index (χ3n) is 19.2. The lowest BCUT2D eigenvalue weighted by atomic mass is 9.96. The number of allylic oxidation sites excluding steroid dienone is 22. The molecule has 0 aliphatic carbocycles. The molecule has 0 saturated carbocycles. The van der Waals surface area contributed by atoms with Gasteiger partial charge in [0, 0.05) is 6.42 Å². The van der Waals surface area contributed by atoms with E-state index in [0.717, 1.165) is 141 Å². The molecule has 3 saturated heterocycles. The van der Waals surface area contributed by atoms with Gasteiger partial charge in [-0.2, -0.15) is 0 Å². The third kappa shape index (κ3) is 43.2. The molecule has 0 aromatic heterocycles. The number of rotatable bonds is 62. The molecule has 0 aromatic carbocycles. The maximum Gasteiger partial charge on any atom is 0.220 e. The molecule has 0 spiro atoms. The van der Waals surface area contributed by atoms with Gasteiger partial charge in [-0.25, -0.2) is 0 Å². The van der Waals surface area contributed by atoms with Crippen molar-refractivity contribution in [1.29, 1.82) is 0 Å². The Bertz CT molecular complexity index is 2400. The number of carbonyl (C=O) groups is 1. The van der Waals surface area contributed by atoms with Gasteiger partial charge in [0.05, 0.1) is 38.6 Å². The molecule has 3 heterocycles. The SMILES string of the molecule is CC/C=C\C/C=C\C/C=C\C/C=C\C/C=C\C/C=C\C/C=C\C/C=C\C/C=C\C/C=C\C/C=C\CCCCCCCCCC(=O)NC(COC1OC(CO)C(OC2OC(CO)C(OC3OC(CO)C(O)C(O)C3O)C(O)C2O)C(O)C1O)C(O)CCCCCCCCCCCCCCCCCCCC. The van der Waals surface area contributed by atoms with Crippen LogP contribution in [0.5, 0.6) is 0 Å². The van der Waals surface area contributed by atoms with E-state index in [1.165, 1.54) is 89.9 Å². The molecule has 0 bridgehead atoms. The monoisotopic (exact) mass is 1470 g/mol. The number of carbonyl (C=O) groups excluding carboxylic acids is 1. The molecule has 3 aliphatic heterocycles. The fraction of sp³-hybridized carbons (Fsp3) is 0.729. The van der Waals surface area contributed by atoms with E-state index < -0.39 is 124 Å². The average Bonchev–Trinajstić information content (AvgIpc) is 0.783. The van der Waals surface area contributed by atoms with Crippen LogP contribution in [-0.4, -0.2) is 193 Å². The van der Waals surface area contributed by atoms with Gasteiger partial charge in [0.25, 0.3) is 0 Å². The van der Waals surface area contributed by atoms with E-state index in [2.05, 4.69) is 153 Å². The number of hydrogen-bond acceptors (Lipinski definition) is 18. The highest BCUT2D eigenvalue weighted by Crippen LogP contribution is 2.33. The standard InChI is InChI=1S/C85H143NO18/c1-3-5-7-9-11-13-15-17-19-21-23-24-25-26-27-28-29-30-31-32-33-34-35-36-37-38-39-40-41-42-43-44-45-47-49-51-53-55-57-59-61-63-73(91)86-68(69(90)62-60-58-56-54-52-50-48-46-22-20-18-16-14-12-10-8-6-4-2)67-99-83-79(97)76(94)81(71(65-88)101-83)104-85-80(98)77(95)82(72(66-89)102-85)103-84-78(96)75(93)74(92)70(64-87)100-84/h5,7,11,13,17,19,23-24,26-27,29-30,32-33,35-36,38-39,41-42,44-45,68-72,74-85,87-90,92-98H,3-4,6,8-10,12,14-16,18,20-22,25,28,31,34,37,40,43,46-67H2,1-2H3,(H,86,91)/b7-5-,13-11-,19-17-,24-23-,27-26-,30-29-,33-32-,36-35-,39-38-,42-41-,45-44-. The Hall–Kier alpha value is -4.07. The highest BCUT2D eigenvalue weighted by molar-refractivity contribution is 5.76. The summed E-state index contributed by atoms with van der Waals surface area (Å²) in [6.07, 6.45) is 63.9. The van der Waals surface area contributed by atoms with Crippen molar-refractivity contribution in [3.05, 3.63) is 134 Å². The summed E-state index contributed by atoms with van der Waals surface area (Å²) in [6, 6.07) is -0.903. The molecule has 0 aromatic rings. The molecule has 104 heavy (non-hydrogen) atoms. The number of amides is 1. The Morgan fingerprint density at radius 3 is 1.04 bits per heavy atom. The minimum absolute atomic E-state index is 0.245. The van der Waals surface area contributed by atoms with Crippen LogP contribution in [0.3, 0.4) is 0 Å². The molecular weight excluding hydrogens is 1320 g/mol. The minimum atomic E-state index is -1.98. The van der Waals surface area contributed by atoms with Crippen molar-refractivity contribution >= 4 is 5.91 Å². The first-order chi connectivity index (χ1) is 50.8. The lowest BCUT2D eigenvalue weighted by Gasteiger charge is -2.48. The summed E-state index contributed by atoms with van der Waals surface area (Å²) in [5, 5.41) is 121. The topological polar surface area (TPSA) is 307 Å². The van der Waals surface area contributed by atoms with Crippen molar-refractivity contribution in [3.63, 3.8) is 0 Å². The van der Waals surface area contributed by atoms with Gasteiger partial charge in [0.2, 0.25) is 5.91 Å². The van der Waals surface area contributed by atoms with E-state index >= 15 is 0 Å². The van der Waals surface area contributed by atoms with Crippen LogP contribution < -0.4 is 5.32 Å². The first-order valence-corrected chi connectivity index (χ1v) is 40.4. The Kier molecular flexibility index (Phi) is 57.8. The molecule has 12 N–H and O–H groups in total. The van der Waals surface area contributed by atoms with E-state index in [1.54, 1.807) is 0 Å². The molecule has 3 fully saturated rings. The van der Waals surface area contributed by atoms with Gasteiger partial charge in [0.15, 0.2) is 18.9 Å². The smallest absolute Gasteiger partial charge is 0.220 e. The highest BCUT2D eigenvalue weighted by atomic mass is 16.8. The van der Waals surface area contributed by atoms with Crippen molar-refractivity contribution in [3.8, 4) is 0 Å². The first-order valence-electron chi connectivity index (χ1n) is 40.4. The zero-order valence-corrected chi connectivity index (χ0v) is 63.7. The molecule has 17 atom stereocenters. The Balaban J connectivity index is 1.34. The Morgan fingerprint density at radius 1 is 0.356 bits per heavy atom. The zero-order valence-electron chi connectivity index (χ0n) is 63.7. The van der Waals surface area contributed by atoms with Crippen molar-refractivity contribution < 1.29 is 89.4 Å². The quantitative estimate of drug-likeness (QED) is 0.0199. The van der Waals surface area contributed by atoms with Crippen molar-refractivity contribution in [2.75, 3.05) is 26.4 Å². The van der Waals surface area contributed by atoms with Gasteiger partial charge in [-0.15, -0.1) is 0 Å². The third-order valence-corrected chi connectivity index (χ3v) is 19.2. The second kappa shape index (κ2) is 63.8. The molecule has 3 aliphatic rings. The molecule has 596 valence electrons. The second-order valence-electron chi connectivity index (χ2n) is 28.2. The van der Waals surface area contributed by atoms with Crippen LogP contribution in [0.1, 0.15) is 264 Å². The molecule has 0 radical (unpaired) electrons. The van der Waals surface area contributed by atoms with Crippen LogP contribution in [0.2, 0.25) is 0 Å². The van der Waals surface area contributed by atoms with Gasteiger partial charge < -0.3 is 89.9 Å². The van der Waals surface area contributed by atoms with Gasteiger partial charge in [-0.1, -0.05) is 295 Å². The van der Waals surface area contributed by atoms with Crippen LogP contribution in [0, 0.1) is 0 Å². The predicted octanol–water partition coefficient (Wildman–Crippen LogP) is 13.7. The Labute approximate surface area is 626 Å².